The highest BCUT2D eigenvalue weighted by molar-refractivity contribution is 5.81. The molecule has 0 fully saturated rings. The number of carbonyl (C=O) groups is 2. The number of carbonyl (C=O) groups excluding carboxylic acids is 1. The molecule has 0 saturated carbocycles. The summed E-state index contributed by atoms with van der Waals surface area (Å²) in [6, 6.07) is 0. The Morgan fingerprint density at radius 1 is 1.50 bits per heavy atom. The zero-order chi connectivity index (χ0) is 9.56. The molecule has 0 rings (SSSR count). The second kappa shape index (κ2) is 5.54. The third kappa shape index (κ3) is 4.68. The molecule has 0 spiro atoms. The molecule has 0 unspecified atom stereocenters. The van der Waals surface area contributed by atoms with Gasteiger partial charge in [-0.15, -0.1) is 0 Å². The first-order valence-electron chi connectivity index (χ1n) is 3.61. The summed E-state index contributed by atoms with van der Waals surface area (Å²) in [5.74, 6) is -1.35. The van der Waals surface area contributed by atoms with E-state index in [-0.39, 0.29) is 19.1 Å². The standard InChI is InChI=1S/C7H13NO4/c1-3-12-5-6(9)8(2)4-7(10)11/h3-5H2,1-2H3,(H,10,11). The Bertz CT molecular complexity index is 169. The van der Waals surface area contributed by atoms with Crippen LogP contribution in [0.15, 0.2) is 0 Å². The summed E-state index contributed by atoms with van der Waals surface area (Å²) in [6.45, 7) is 1.88. The molecule has 0 aliphatic carbocycles. The Balaban J connectivity index is 3.69. The number of amides is 1. The minimum atomic E-state index is -1.03. The molecule has 0 aliphatic heterocycles. The van der Waals surface area contributed by atoms with E-state index in [1.807, 2.05) is 0 Å². The number of nitrogens with zero attached hydrogens (tertiary/aromatic N) is 1. The number of aliphatic carboxylic acids is 1. The van der Waals surface area contributed by atoms with Crippen LogP contribution in [0.25, 0.3) is 0 Å². The van der Waals surface area contributed by atoms with Gasteiger partial charge in [0.15, 0.2) is 0 Å². The maximum Gasteiger partial charge on any atom is 0.323 e. The van der Waals surface area contributed by atoms with Crippen LogP contribution in [0, 0.1) is 0 Å². The fourth-order valence-electron chi connectivity index (χ4n) is 0.591. The van der Waals surface area contributed by atoms with Crippen LogP contribution in [0.1, 0.15) is 6.92 Å². The lowest BCUT2D eigenvalue weighted by Crippen LogP contribution is -2.34. The molecule has 12 heavy (non-hydrogen) atoms. The fourth-order valence-corrected chi connectivity index (χ4v) is 0.591. The summed E-state index contributed by atoms with van der Waals surface area (Å²) in [5.41, 5.74) is 0. The van der Waals surface area contributed by atoms with Gasteiger partial charge in [0, 0.05) is 13.7 Å². The first-order chi connectivity index (χ1) is 5.57. The monoisotopic (exact) mass is 175 g/mol. The molecule has 5 heteroatoms. The van der Waals surface area contributed by atoms with E-state index in [0.717, 1.165) is 4.90 Å². The van der Waals surface area contributed by atoms with Crippen LogP contribution >= 0.6 is 0 Å². The van der Waals surface area contributed by atoms with E-state index in [0.29, 0.717) is 6.61 Å². The highest BCUT2D eigenvalue weighted by Gasteiger charge is 2.10. The number of carboxylic acid groups (broad SMARTS) is 1. The van der Waals surface area contributed by atoms with Gasteiger partial charge in [0.2, 0.25) is 5.91 Å². The summed E-state index contributed by atoms with van der Waals surface area (Å²) >= 11 is 0. The Kier molecular flexibility index (Phi) is 5.03. The van der Waals surface area contributed by atoms with Gasteiger partial charge < -0.3 is 14.7 Å². The molecule has 0 aromatic rings. The van der Waals surface area contributed by atoms with Gasteiger partial charge in [-0.3, -0.25) is 9.59 Å². The normalized spacial score (nSPS) is 9.50. The molecule has 0 bridgehead atoms. The van der Waals surface area contributed by atoms with E-state index in [2.05, 4.69) is 0 Å². The molecule has 0 saturated heterocycles. The van der Waals surface area contributed by atoms with Crippen LogP contribution in [0.5, 0.6) is 0 Å². The second-order valence-corrected chi connectivity index (χ2v) is 2.28. The van der Waals surface area contributed by atoms with Crippen LogP contribution in [-0.4, -0.2) is 48.7 Å². The van der Waals surface area contributed by atoms with Crippen molar-refractivity contribution in [3.8, 4) is 0 Å². The number of rotatable bonds is 5. The van der Waals surface area contributed by atoms with E-state index in [1.165, 1.54) is 7.05 Å². The summed E-state index contributed by atoms with van der Waals surface area (Å²) < 4.78 is 4.81. The molecule has 0 radical (unpaired) electrons. The van der Waals surface area contributed by atoms with Crippen molar-refractivity contribution in [1.29, 1.82) is 0 Å². The summed E-state index contributed by atoms with van der Waals surface area (Å²) in [4.78, 5) is 22.2. The minimum absolute atomic E-state index is 0.0553. The Morgan fingerprint density at radius 3 is 2.50 bits per heavy atom. The number of likely N-dealkylation sites (N-methyl/N-ethyl adjacent to an activating group) is 1. The summed E-state index contributed by atoms with van der Waals surface area (Å²) in [6.07, 6.45) is 0. The lowest BCUT2D eigenvalue weighted by molar-refractivity contribution is -0.145. The molecular weight excluding hydrogens is 162 g/mol. The van der Waals surface area contributed by atoms with Crippen molar-refractivity contribution in [3.05, 3.63) is 0 Å². The van der Waals surface area contributed by atoms with E-state index in [9.17, 15) is 9.59 Å². The van der Waals surface area contributed by atoms with Crippen LogP contribution in [-0.2, 0) is 14.3 Å². The van der Waals surface area contributed by atoms with Crippen LogP contribution in [0.3, 0.4) is 0 Å². The fraction of sp³-hybridized carbons (Fsp3) is 0.714. The van der Waals surface area contributed by atoms with Crippen molar-refractivity contribution in [3.63, 3.8) is 0 Å². The van der Waals surface area contributed by atoms with Crippen molar-refractivity contribution < 1.29 is 19.4 Å². The number of carboxylic acids is 1. The van der Waals surface area contributed by atoms with E-state index in [1.54, 1.807) is 6.92 Å². The van der Waals surface area contributed by atoms with Gasteiger partial charge in [-0.05, 0) is 6.92 Å². The highest BCUT2D eigenvalue weighted by atomic mass is 16.5. The molecule has 1 amide bonds. The van der Waals surface area contributed by atoms with Crippen LogP contribution in [0.2, 0.25) is 0 Å². The van der Waals surface area contributed by atoms with Crippen molar-refractivity contribution in [2.24, 2.45) is 0 Å². The Morgan fingerprint density at radius 2 is 2.08 bits per heavy atom. The lowest BCUT2D eigenvalue weighted by Gasteiger charge is -2.13. The van der Waals surface area contributed by atoms with Gasteiger partial charge in [-0.2, -0.15) is 0 Å². The number of hydrogen-bond acceptors (Lipinski definition) is 3. The molecule has 70 valence electrons. The zero-order valence-corrected chi connectivity index (χ0v) is 7.24. The Hall–Kier alpha value is -1.10. The molecule has 0 heterocycles. The summed E-state index contributed by atoms with van der Waals surface area (Å²) in [5, 5.41) is 8.32. The van der Waals surface area contributed by atoms with E-state index in [4.69, 9.17) is 9.84 Å². The second-order valence-electron chi connectivity index (χ2n) is 2.28. The van der Waals surface area contributed by atoms with Crippen LogP contribution < -0.4 is 0 Å². The first kappa shape index (κ1) is 10.9. The van der Waals surface area contributed by atoms with Crippen molar-refractivity contribution >= 4 is 11.9 Å². The predicted molar refractivity (Wildman–Crippen MR) is 41.8 cm³/mol. The summed E-state index contributed by atoms with van der Waals surface area (Å²) in [7, 11) is 1.43. The van der Waals surface area contributed by atoms with Gasteiger partial charge in [0.25, 0.3) is 0 Å². The van der Waals surface area contributed by atoms with E-state index < -0.39 is 5.97 Å². The SMILES string of the molecule is CCOCC(=O)N(C)CC(=O)O. The average Bonchev–Trinajstić information content (AvgIpc) is 1.98. The lowest BCUT2D eigenvalue weighted by atomic mass is 10.5. The maximum absolute atomic E-state index is 11.0. The molecule has 0 aromatic heterocycles. The number of hydrogen-bond donors (Lipinski definition) is 1. The van der Waals surface area contributed by atoms with Crippen molar-refractivity contribution in [2.45, 2.75) is 6.92 Å². The largest absolute Gasteiger partial charge is 0.480 e. The van der Waals surface area contributed by atoms with Crippen molar-refractivity contribution in [1.82, 2.24) is 4.90 Å². The van der Waals surface area contributed by atoms with Crippen LogP contribution in [0.4, 0.5) is 0 Å². The molecule has 0 aliphatic rings. The van der Waals surface area contributed by atoms with Gasteiger partial charge in [0.05, 0.1) is 0 Å². The van der Waals surface area contributed by atoms with Crippen molar-refractivity contribution in [2.75, 3.05) is 26.8 Å². The van der Waals surface area contributed by atoms with Gasteiger partial charge in [0.1, 0.15) is 13.2 Å². The predicted octanol–water partition coefficient (Wildman–Crippen LogP) is -0.434. The highest BCUT2D eigenvalue weighted by Crippen LogP contribution is 1.85. The maximum atomic E-state index is 11.0. The van der Waals surface area contributed by atoms with Gasteiger partial charge in [-0.25, -0.2) is 0 Å². The molecule has 5 nitrogen and oxygen atoms in total. The minimum Gasteiger partial charge on any atom is -0.480 e. The molecule has 0 aromatic carbocycles. The van der Waals surface area contributed by atoms with E-state index >= 15 is 0 Å². The molecule has 0 atom stereocenters. The third-order valence-corrected chi connectivity index (χ3v) is 1.23. The third-order valence-electron chi connectivity index (χ3n) is 1.23. The molecule has 1 N–H and O–H groups in total. The quantitative estimate of drug-likeness (QED) is 0.615. The first-order valence-corrected chi connectivity index (χ1v) is 3.61. The molecular formula is C7H13NO4. The average molecular weight is 175 g/mol. The number of ether oxygens (including phenoxy) is 1. The topological polar surface area (TPSA) is 66.8 Å². The van der Waals surface area contributed by atoms with Gasteiger partial charge >= 0.3 is 5.97 Å². The smallest absolute Gasteiger partial charge is 0.323 e. The zero-order valence-electron chi connectivity index (χ0n) is 7.24. The Labute approximate surface area is 70.9 Å². The van der Waals surface area contributed by atoms with Gasteiger partial charge in [-0.1, -0.05) is 0 Å².